The molecule has 5 unspecified atom stereocenters. The number of carbonyl (C=O) groups is 1. The van der Waals surface area contributed by atoms with Crippen molar-refractivity contribution in [2.24, 2.45) is 11.5 Å². The van der Waals surface area contributed by atoms with Crippen LogP contribution in [0.3, 0.4) is 0 Å². The fraction of sp³-hybridized carbons (Fsp3) is 0.923. The molecule has 1 fully saturated rings. The third-order valence-corrected chi connectivity index (χ3v) is 3.48. The molecule has 130 valence electrons. The Bertz CT molecular complexity index is 331. The molecular weight excluding hydrogens is 294 g/mol. The van der Waals surface area contributed by atoms with E-state index in [4.69, 9.17) is 26.0 Å². The number of aliphatic hydroxyl groups is 3. The average molecular weight is 321 g/mol. The zero-order valence-corrected chi connectivity index (χ0v) is 12.6. The van der Waals surface area contributed by atoms with Crippen LogP contribution in [0.2, 0.25) is 0 Å². The lowest BCUT2D eigenvalue weighted by atomic mass is 9.98. The molecule has 0 aromatic heterocycles. The summed E-state index contributed by atoms with van der Waals surface area (Å²) in [4.78, 5) is 11.3. The standard InChI is InChI=1S/C13H27N3O6/c14-4-5-16-9(18)3-1-2-6-21-13-10(15)12(20)11(19)8(7-17)22-13/h8,10-13,17,19-20H,1-7,14-15H2,(H,16,18). The molecule has 0 saturated carbocycles. The first-order chi connectivity index (χ1) is 10.5. The summed E-state index contributed by atoms with van der Waals surface area (Å²) >= 11 is 0. The Morgan fingerprint density at radius 2 is 2.00 bits per heavy atom. The Hall–Kier alpha value is -0.810. The molecule has 1 aliphatic rings. The van der Waals surface area contributed by atoms with Gasteiger partial charge in [0.25, 0.3) is 0 Å². The van der Waals surface area contributed by atoms with Gasteiger partial charge in [0.2, 0.25) is 5.91 Å². The van der Waals surface area contributed by atoms with E-state index >= 15 is 0 Å². The highest BCUT2D eigenvalue weighted by atomic mass is 16.7. The van der Waals surface area contributed by atoms with E-state index < -0.39 is 37.3 Å². The summed E-state index contributed by atoms with van der Waals surface area (Å²) in [6.07, 6.45) is -2.67. The van der Waals surface area contributed by atoms with E-state index in [1.54, 1.807) is 0 Å². The van der Waals surface area contributed by atoms with Gasteiger partial charge in [-0.25, -0.2) is 0 Å². The summed E-state index contributed by atoms with van der Waals surface area (Å²) in [5.41, 5.74) is 11.0. The van der Waals surface area contributed by atoms with Crippen molar-refractivity contribution in [3.05, 3.63) is 0 Å². The predicted octanol–water partition coefficient (Wildman–Crippen LogP) is -2.99. The lowest BCUT2D eigenvalue weighted by Crippen LogP contribution is -2.62. The van der Waals surface area contributed by atoms with Crippen LogP contribution in [0.25, 0.3) is 0 Å². The monoisotopic (exact) mass is 321 g/mol. The Kier molecular flexibility index (Phi) is 8.79. The second-order valence-corrected chi connectivity index (χ2v) is 5.25. The van der Waals surface area contributed by atoms with Gasteiger partial charge in [-0.3, -0.25) is 4.79 Å². The Labute approximate surface area is 129 Å². The number of aliphatic hydroxyl groups excluding tert-OH is 3. The second-order valence-electron chi connectivity index (χ2n) is 5.25. The number of amides is 1. The van der Waals surface area contributed by atoms with Crippen LogP contribution in [0.1, 0.15) is 19.3 Å². The Morgan fingerprint density at radius 1 is 1.27 bits per heavy atom. The van der Waals surface area contributed by atoms with Crippen LogP contribution in [-0.4, -0.2) is 78.2 Å². The number of hydrogen-bond acceptors (Lipinski definition) is 8. The van der Waals surface area contributed by atoms with Gasteiger partial charge in [0.1, 0.15) is 18.3 Å². The molecule has 0 bridgehead atoms. The average Bonchev–Trinajstić information content (AvgIpc) is 2.52. The van der Waals surface area contributed by atoms with Crippen molar-refractivity contribution in [2.45, 2.75) is 49.9 Å². The van der Waals surface area contributed by atoms with Crippen molar-refractivity contribution >= 4 is 5.91 Å². The molecule has 0 radical (unpaired) electrons. The van der Waals surface area contributed by atoms with Gasteiger partial charge in [-0.2, -0.15) is 0 Å². The van der Waals surface area contributed by atoms with Crippen molar-refractivity contribution < 1.29 is 29.6 Å². The van der Waals surface area contributed by atoms with Gasteiger partial charge in [0.15, 0.2) is 6.29 Å². The molecular formula is C13H27N3O6. The number of nitrogens with two attached hydrogens (primary N) is 2. The summed E-state index contributed by atoms with van der Waals surface area (Å²) < 4.78 is 10.7. The summed E-state index contributed by atoms with van der Waals surface area (Å²) in [5.74, 6) is -0.0602. The molecule has 1 aliphatic heterocycles. The molecule has 0 aromatic carbocycles. The topological polar surface area (TPSA) is 160 Å². The zero-order chi connectivity index (χ0) is 16.5. The number of nitrogens with one attached hydrogen (secondary N) is 1. The van der Waals surface area contributed by atoms with Gasteiger partial charge in [-0.1, -0.05) is 0 Å². The van der Waals surface area contributed by atoms with E-state index in [9.17, 15) is 15.0 Å². The van der Waals surface area contributed by atoms with E-state index in [1.807, 2.05) is 0 Å². The van der Waals surface area contributed by atoms with E-state index in [0.29, 0.717) is 39.0 Å². The fourth-order valence-electron chi connectivity index (χ4n) is 2.14. The van der Waals surface area contributed by atoms with Gasteiger partial charge >= 0.3 is 0 Å². The van der Waals surface area contributed by atoms with Crippen LogP contribution in [0.15, 0.2) is 0 Å². The van der Waals surface area contributed by atoms with E-state index in [2.05, 4.69) is 5.32 Å². The highest BCUT2D eigenvalue weighted by Crippen LogP contribution is 2.20. The molecule has 9 nitrogen and oxygen atoms in total. The quantitative estimate of drug-likeness (QED) is 0.245. The van der Waals surface area contributed by atoms with E-state index in [0.717, 1.165) is 0 Å². The third-order valence-electron chi connectivity index (χ3n) is 3.48. The van der Waals surface area contributed by atoms with Crippen LogP contribution in [-0.2, 0) is 14.3 Å². The number of unbranched alkanes of at least 4 members (excludes halogenated alkanes) is 1. The number of ether oxygens (including phenoxy) is 2. The minimum Gasteiger partial charge on any atom is -0.394 e. The molecule has 1 rings (SSSR count). The largest absolute Gasteiger partial charge is 0.394 e. The maximum atomic E-state index is 11.3. The number of rotatable bonds is 9. The highest BCUT2D eigenvalue weighted by molar-refractivity contribution is 5.75. The molecule has 8 N–H and O–H groups in total. The molecule has 0 spiro atoms. The smallest absolute Gasteiger partial charge is 0.220 e. The molecule has 1 saturated heterocycles. The third kappa shape index (κ3) is 5.76. The maximum Gasteiger partial charge on any atom is 0.220 e. The van der Waals surface area contributed by atoms with Gasteiger partial charge in [0, 0.05) is 26.1 Å². The molecule has 0 aromatic rings. The van der Waals surface area contributed by atoms with Crippen LogP contribution in [0.4, 0.5) is 0 Å². The van der Waals surface area contributed by atoms with Crippen LogP contribution in [0.5, 0.6) is 0 Å². The van der Waals surface area contributed by atoms with Crippen LogP contribution >= 0.6 is 0 Å². The lowest BCUT2D eigenvalue weighted by Gasteiger charge is -2.40. The highest BCUT2D eigenvalue weighted by Gasteiger charge is 2.42. The summed E-state index contributed by atoms with van der Waals surface area (Å²) in [6.45, 7) is 0.727. The van der Waals surface area contributed by atoms with Crippen molar-refractivity contribution in [3.8, 4) is 0 Å². The lowest BCUT2D eigenvalue weighted by molar-refractivity contribution is -0.265. The van der Waals surface area contributed by atoms with Crippen molar-refractivity contribution in [3.63, 3.8) is 0 Å². The Balaban J connectivity index is 2.22. The molecule has 22 heavy (non-hydrogen) atoms. The van der Waals surface area contributed by atoms with E-state index in [-0.39, 0.29) is 5.91 Å². The van der Waals surface area contributed by atoms with Crippen molar-refractivity contribution in [2.75, 3.05) is 26.3 Å². The van der Waals surface area contributed by atoms with Gasteiger partial charge in [0.05, 0.1) is 12.6 Å². The first-order valence-corrected chi connectivity index (χ1v) is 7.47. The first kappa shape index (κ1) is 19.2. The van der Waals surface area contributed by atoms with Gasteiger partial charge in [-0.15, -0.1) is 0 Å². The van der Waals surface area contributed by atoms with Gasteiger partial charge < -0.3 is 41.6 Å². The van der Waals surface area contributed by atoms with E-state index in [1.165, 1.54) is 0 Å². The normalized spacial score (nSPS) is 32.0. The zero-order valence-electron chi connectivity index (χ0n) is 12.6. The second kappa shape index (κ2) is 10.1. The predicted molar refractivity (Wildman–Crippen MR) is 77.6 cm³/mol. The molecule has 1 amide bonds. The summed E-state index contributed by atoms with van der Waals surface area (Å²) in [6, 6.07) is -0.898. The summed E-state index contributed by atoms with van der Waals surface area (Å²) in [5, 5.41) is 31.2. The molecule has 1 heterocycles. The minimum absolute atomic E-state index is 0.0602. The minimum atomic E-state index is -1.24. The van der Waals surface area contributed by atoms with Crippen LogP contribution in [0, 0.1) is 0 Å². The summed E-state index contributed by atoms with van der Waals surface area (Å²) in [7, 11) is 0. The maximum absolute atomic E-state index is 11.3. The Morgan fingerprint density at radius 3 is 2.64 bits per heavy atom. The molecule has 9 heteroatoms. The molecule has 0 aliphatic carbocycles. The molecule has 5 atom stereocenters. The van der Waals surface area contributed by atoms with Crippen molar-refractivity contribution in [1.29, 1.82) is 0 Å². The van der Waals surface area contributed by atoms with Crippen LogP contribution < -0.4 is 16.8 Å². The fourth-order valence-corrected chi connectivity index (χ4v) is 2.14. The first-order valence-electron chi connectivity index (χ1n) is 7.47. The number of hydrogen-bond donors (Lipinski definition) is 6. The van der Waals surface area contributed by atoms with Crippen molar-refractivity contribution in [1.82, 2.24) is 5.32 Å². The number of carbonyl (C=O) groups excluding carboxylic acids is 1. The SMILES string of the molecule is NCCNC(=O)CCCCOC1OC(CO)C(O)C(O)C1N. The van der Waals surface area contributed by atoms with Gasteiger partial charge in [-0.05, 0) is 12.8 Å².